The van der Waals surface area contributed by atoms with Crippen LogP contribution >= 0.6 is 0 Å². The zero-order valence-electron chi connectivity index (χ0n) is 6.98. The first-order valence-corrected chi connectivity index (χ1v) is 3.42. The molecule has 0 fully saturated rings. The molecule has 0 atom stereocenters. The lowest BCUT2D eigenvalue weighted by atomic mass is 10.3. The van der Waals surface area contributed by atoms with Gasteiger partial charge in [0.1, 0.15) is 13.1 Å². The van der Waals surface area contributed by atoms with Gasteiger partial charge in [0.25, 0.3) is 0 Å². The van der Waals surface area contributed by atoms with Gasteiger partial charge in [-0.25, -0.2) is 0 Å². The zero-order chi connectivity index (χ0) is 9.78. The van der Waals surface area contributed by atoms with Crippen molar-refractivity contribution >= 4 is 13.6 Å². The largest absolute Gasteiger partial charge is 0.673 e. The van der Waals surface area contributed by atoms with E-state index in [1.807, 2.05) is 0 Å². The van der Waals surface area contributed by atoms with Gasteiger partial charge in [0.2, 0.25) is 6.34 Å². The molecule has 0 saturated carbocycles. The third kappa shape index (κ3) is 9.25. The van der Waals surface area contributed by atoms with Crippen molar-refractivity contribution < 1.29 is 21.8 Å². The Morgan fingerprint density at radius 1 is 1.33 bits per heavy atom. The fourth-order valence-electron chi connectivity index (χ4n) is 0.767. The van der Waals surface area contributed by atoms with Gasteiger partial charge in [-0.2, -0.15) is 0 Å². The topological polar surface area (TPSA) is 6.25 Å². The third-order valence-corrected chi connectivity index (χ3v) is 1.20. The summed E-state index contributed by atoms with van der Waals surface area (Å²) in [6, 6.07) is 0. The number of halogens is 4. The van der Waals surface area contributed by atoms with Gasteiger partial charge in [0.05, 0.1) is 14.1 Å². The van der Waals surface area contributed by atoms with Crippen LogP contribution in [0.2, 0.25) is 0 Å². The Balaban J connectivity index is 0.000000217. The quantitative estimate of drug-likeness (QED) is 0.309. The fourth-order valence-corrected chi connectivity index (χ4v) is 0.767. The highest BCUT2D eigenvalue weighted by atomic mass is 19.5. The molecule has 0 saturated heterocycles. The van der Waals surface area contributed by atoms with Crippen molar-refractivity contribution in [1.82, 2.24) is 4.90 Å². The minimum atomic E-state index is -6.00. The Hall–Kier alpha value is -0.745. The summed E-state index contributed by atoms with van der Waals surface area (Å²) in [7, 11) is -1.83. The van der Waals surface area contributed by atoms with Crippen molar-refractivity contribution in [2.75, 3.05) is 27.2 Å². The van der Waals surface area contributed by atoms with Crippen LogP contribution in [0.15, 0.2) is 0 Å². The minimum absolute atomic E-state index is 1.18. The summed E-state index contributed by atoms with van der Waals surface area (Å²) in [6.45, 7) is 2.35. The van der Waals surface area contributed by atoms with E-state index in [0.717, 1.165) is 0 Å². The van der Waals surface area contributed by atoms with Gasteiger partial charge in [0.15, 0.2) is 0 Å². The van der Waals surface area contributed by atoms with Crippen molar-refractivity contribution in [2.45, 2.75) is 0 Å². The van der Waals surface area contributed by atoms with Crippen LogP contribution in [0.3, 0.4) is 0 Å². The highest BCUT2D eigenvalue weighted by molar-refractivity contribution is 6.50. The molecule has 1 aliphatic heterocycles. The second-order valence-electron chi connectivity index (χ2n) is 2.57. The van der Waals surface area contributed by atoms with Crippen molar-refractivity contribution in [3.63, 3.8) is 0 Å². The van der Waals surface area contributed by atoms with Crippen LogP contribution in [-0.4, -0.2) is 50.3 Å². The van der Waals surface area contributed by atoms with Crippen molar-refractivity contribution in [3.8, 4) is 0 Å². The molecule has 0 aromatic carbocycles. The molecule has 0 amide bonds. The predicted molar refractivity (Wildman–Crippen MR) is 39.9 cm³/mol. The smallest absolute Gasteiger partial charge is 0.418 e. The van der Waals surface area contributed by atoms with Gasteiger partial charge in [-0.3, -0.25) is 9.48 Å². The minimum Gasteiger partial charge on any atom is -0.418 e. The van der Waals surface area contributed by atoms with E-state index in [0.29, 0.717) is 0 Å². The van der Waals surface area contributed by atoms with Gasteiger partial charge in [-0.1, -0.05) is 0 Å². The van der Waals surface area contributed by atoms with Crippen LogP contribution in [0.4, 0.5) is 17.3 Å². The van der Waals surface area contributed by atoms with Crippen molar-refractivity contribution in [1.29, 1.82) is 0 Å². The SMILES string of the molecule is CN1C=[N+](C)CC1.F[B-](F)(F)F. The Labute approximate surface area is 68.6 Å². The van der Waals surface area contributed by atoms with Gasteiger partial charge >= 0.3 is 7.25 Å². The average molecular weight is 186 g/mol. The first-order chi connectivity index (χ1) is 5.29. The zero-order valence-corrected chi connectivity index (χ0v) is 6.98. The van der Waals surface area contributed by atoms with Crippen LogP contribution in [0.1, 0.15) is 0 Å². The molecular formula is C5H11BF4N2. The van der Waals surface area contributed by atoms with Crippen LogP contribution in [0.5, 0.6) is 0 Å². The summed E-state index contributed by atoms with van der Waals surface area (Å²) in [5.41, 5.74) is 0. The Bertz CT molecular complexity index is 161. The molecule has 0 spiro atoms. The molecule has 0 N–H and O–H groups in total. The van der Waals surface area contributed by atoms with Crippen LogP contribution in [-0.2, 0) is 0 Å². The Morgan fingerprint density at radius 2 is 1.75 bits per heavy atom. The third-order valence-electron chi connectivity index (χ3n) is 1.20. The molecule has 0 aromatic heterocycles. The summed E-state index contributed by atoms with van der Waals surface area (Å²) >= 11 is 0. The number of hydrogen-bond acceptors (Lipinski definition) is 1. The Morgan fingerprint density at radius 3 is 1.83 bits per heavy atom. The fraction of sp³-hybridized carbons (Fsp3) is 0.800. The summed E-state index contributed by atoms with van der Waals surface area (Å²) < 4.78 is 41.2. The van der Waals surface area contributed by atoms with E-state index in [1.54, 1.807) is 0 Å². The van der Waals surface area contributed by atoms with E-state index in [4.69, 9.17) is 0 Å². The summed E-state index contributed by atoms with van der Waals surface area (Å²) in [5, 5.41) is 0. The molecular weight excluding hydrogens is 175 g/mol. The number of nitrogens with zero attached hydrogens (tertiary/aromatic N) is 2. The lowest BCUT2D eigenvalue weighted by Gasteiger charge is -1.94. The molecule has 0 aliphatic carbocycles. The highest BCUT2D eigenvalue weighted by Crippen LogP contribution is 2.06. The maximum Gasteiger partial charge on any atom is 0.673 e. The molecule has 0 aromatic rings. The lowest BCUT2D eigenvalue weighted by Crippen LogP contribution is -2.11. The van der Waals surface area contributed by atoms with Crippen LogP contribution in [0, 0.1) is 0 Å². The standard InChI is InChI=1S/C5H11N2.BF4/c1-6-3-4-7(2)5-6;2-1(3,4)5/h5H,3-4H2,1-2H3;/q+1;-1. The van der Waals surface area contributed by atoms with Crippen LogP contribution < -0.4 is 0 Å². The molecule has 0 unspecified atom stereocenters. The first kappa shape index (κ1) is 11.3. The average Bonchev–Trinajstić information content (AvgIpc) is 2.09. The van der Waals surface area contributed by atoms with Gasteiger partial charge in [-0.05, 0) is 0 Å². The second-order valence-corrected chi connectivity index (χ2v) is 2.57. The number of rotatable bonds is 0. The number of hydrogen-bond donors (Lipinski definition) is 0. The maximum absolute atomic E-state index is 9.75. The molecule has 2 nitrogen and oxygen atoms in total. The molecule has 1 aliphatic rings. The summed E-state index contributed by atoms with van der Waals surface area (Å²) in [5.74, 6) is 0. The second kappa shape index (κ2) is 4.32. The maximum atomic E-state index is 9.75. The molecule has 7 heteroatoms. The molecule has 1 rings (SSSR count). The van der Waals surface area contributed by atoms with E-state index >= 15 is 0 Å². The monoisotopic (exact) mass is 186 g/mol. The first-order valence-electron chi connectivity index (χ1n) is 3.42. The van der Waals surface area contributed by atoms with Gasteiger partial charge in [0, 0.05) is 0 Å². The lowest BCUT2D eigenvalue weighted by molar-refractivity contribution is -0.482. The predicted octanol–water partition coefficient (Wildman–Crippen LogP) is 0.902. The molecule has 1 heterocycles. The van der Waals surface area contributed by atoms with Gasteiger partial charge in [-0.15, -0.1) is 0 Å². The molecule has 0 radical (unpaired) electrons. The van der Waals surface area contributed by atoms with Crippen LogP contribution in [0.25, 0.3) is 0 Å². The molecule has 0 bridgehead atoms. The Kier molecular flexibility index (Phi) is 4.05. The summed E-state index contributed by atoms with van der Waals surface area (Å²) in [6.07, 6.45) is 2.11. The van der Waals surface area contributed by atoms with Gasteiger partial charge < -0.3 is 17.3 Å². The number of likely N-dealkylation sites (N-methyl/N-ethyl adjacent to an activating group) is 2. The van der Waals surface area contributed by atoms with E-state index in [1.165, 1.54) is 13.1 Å². The normalized spacial score (nSPS) is 16.8. The summed E-state index contributed by atoms with van der Waals surface area (Å²) in [4.78, 5) is 2.18. The molecule has 72 valence electrons. The van der Waals surface area contributed by atoms with E-state index in [-0.39, 0.29) is 0 Å². The van der Waals surface area contributed by atoms with E-state index < -0.39 is 7.25 Å². The van der Waals surface area contributed by atoms with Crippen molar-refractivity contribution in [3.05, 3.63) is 0 Å². The highest BCUT2D eigenvalue weighted by Gasteiger charge is 2.20. The van der Waals surface area contributed by atoms with Crippen molar-refractivity contribution in [2.24, 2.45) is 0 Å². The van der Waals surface area contributed by atoms with E-state index in [9.17, 15) is 17.3 Å². The van der Waals surface area contributed by atoms with E-state index in [2.05, 4.69) is 29.9 Å². The molecule has 12 heavy (non-hydrogen) atoms.